The molecule has 0 radical (unpaired) electrons. The first kappa shape index (κ1) is 27.5. The van der Waals surface area contributed by atoms with Gasteiger partial charge in [-0.2, -0.15) is 0 Å². The van der Waals surface area contributed by atoms with E-state index in [1.165, 1.54) is 25.3 Å². The third-order valence-electron chi connectivity index (χ3n) is 7.37. The number of amides is 1. The Kier molecular flexibility index (Phi) is 7.97. The summed E-state index contributed by atoms with van der Waals surface area (Å²) in [5.41, 5.74) is 1.76. The van der Waals surface area contributed by atoms with Crippen molar-refractivity contribution in [1.29, 1.82) is 0 Å². The molecule has 1 saturated heterocycles. The van der Waals surface area contributed by atoms with E-state index in [1.807, 2.05) is 18.2 Å². The number of nitrogens with one attached hydrogen (secondary N) is 1. The molecular weight excluding hydrogens is 532 g/mol. The Labute approximate surface area is 234 Å². The van der Waals surface area contributed by atoms with Crippen LogP contribution in [-0.4, -0.2) is 47.2 Å². The van der Waals surface area contributed by atoms with Gasteiger partial charge < -0.3 is 19.1 Å². The van der Waals surface area contributed by atoms with Crippen molar-refractivity contribution in [2.45, 2.75) is 49.0 Å². The van der Waals surface area contributed by atoms with E-state index < -0.39 is 16.0 Å². The molecule has 5 rings (SSSR count). The lowest BCUT2D eigenvalue weighted by atomic mass is 9.98. The number of esters is 1. The molecule has 9 nitrogen and oxygen atoms in total. The van der Waals surface area contributed by atoms with Gasteiger partial charge in [0.1, 0.15) is 4.90 Å². The third kappa shape index (κ3) is 5.77. The minimum absolute atomic E-state index is 0.0587. The molecule has 0 aromatic heterocycles. The highest BCUT2D eigenvalue weighted by Crippen LogP contribution is 2.38. The first-order valence-corrected chi connectivity index (χ1v) is 14.7. The number of hydrogen-bond acceptors (Lipinski definition) is 7. The number of carbonyl (C=O) groups is 2. The van der Waals surface area contributed by atoms with Crippen molar-refractivity contribution in [3.63, 3.8) is 0 Å². The number of ether oxygens (including phenoxy) is 3. The average molecular weight is 565 g/mol. The van der Waals surface area contributed by atoms with E-state index >= 15 is 0 Å². The van der Waals surface area contributed by atoms with Gasteiger partial charge in [0.05, 0.1) is 31.6 Å². The molecule has 1 unspecified atom stereocenters. The first-order chi connectivity index (χ1) is 19.3. The summed E-state index contributed by atoms with van der Waals surface area (Å²) in [7, 11) is -1.30. The maximum atomic E-state index is 13.2. The largest absolute Gasteiger partial charge is 0.493 e. The lowest BCUT2D eigenvalue weighted by molar-refractivity contribution is -0.117. The van der Waals surface area contributed by atoms with Crippen LogP contribution in [0.4, 0.5) is 11.4 Å². The van der Waals surface area contributed by atoms with Crippen LogP contribution in [0.25, 0.3) is 0 Å². The van der Waals surface area contributed by atoms with Crippen LogP contribution in [0, 0.1) is 0 Å². The summed E-state index contributed by atoms with van der Waals surface area (Å²) in [6.07, 6.45) is 4.86. The highest BCUT2D eigenvalue weighted by Gasteiger charge is 2.33. The Morgan fingerprint density at radius 2 is 1.73 bits per heavy atom. The van der Waals surface area contributed by atoms with Gasteiger partial charge in [0.25, 0.3) is 10.0 Å². The molecule has 210 valence electrons. The van der Waals surface area contributed by atoms with Gasteiger partial charge in [-0.3, -0.25) is 9.52 Å². The molecule has 1 atom stereocenters. The molecule has 1 heterocycles. The Morgan fingerprint density at radius 1 is 0.950 bits per heavy atom. The van der Waals surface area contributed by atoms with Gasteiger partial charge in [-0.25, -0.2) is 13.2 Å². The topological polar surface area (TPSA) is 111 Å². The maximum Gasteiger partial charge on any atom is 0.339 e. The highest BCUT2D eigenvalue weighted by atomic mass is 32.2. The van der Waals surface area contributed by atoms with Gasteiger partial charge in [-0.1, -0.05) is 24.3 Å². The van der Waals surface area contributed by atoms with E-state index in [1.54, 1.807) is 42.3 Å². The summed E-state index contributed by atoms with van der Waals surface area (Å²) in [5.74, 6) is 0.498. The molecule has 3 aromatic rings. The summed E-state index contributed by atoms with van der Waals surface area (Å²) in [6.45, 7) is 0.440. The molecule has 1 N–H and O–H groups in total. The predicted molar refractivity (Wildman–Crippen MR) is 151 cm³/mol. The zero-order valence-corrected chi connectivity index (χ0v) is 23.3. The van der Waals surface area contributed by atoms with Crippen molar-refractivity contribution in [2.24, 2.45) is 0 Å². The Bertz CT molecular complexity index is 1520. The second-order valence-corrected chi connectivity index (χ2v) is 11.6. The van der Waals surface area contributed by atoms with Crippen molar-refractivity contribution in [2.75, 3.05) is 30.4 Å². The van der Waals surface area contributed by atoms with Crippen LogP contribution in [0.5, 0.6) is 11.5 Å². The quantitative estimate of drug-likeness (QED) is 0.359. The monoisotopic (exact) mass is 564 g/mol. The lowest BCUT2D eigenvalue weighted by Crippen LogP contribution is -2.24. The minimum atomic E-state index is -4.11. The summed E-state index contributed by atoms with van der Waals surface area (Å²) < 4.78 is 45.3. The second kappa shape index (κ2) is 11.6. The number of methoxy groups -OCH3 is 2. The van der Waals surface area contributed by atoms with Crippen molar-refractivity contribution in [3.8, 4) is 11.5 Å². The van der Waals surface area contributed by atoms with Crippen LogP contribution >= 0.6 is 0 Å². The summed E-state index contributed by atoms with van der Waals surface area (Å²) in [4.78, 5) is 26.7. The van der Waals surface area contributed by atoms with Crippen LogP contribution in [-0.2, 0) is 19.6 Å². The van der Waals surface area contributed by atoms with Crippen LogP contribution < -0.4 is 19.1 Å². The molecule has 10 heteroatoms. The molecule has 0 bridgehead atoms. The van der Waals surface area contributed by atoms with Crippen LogP contribution in [0.3, 0.4) is 0 Å². The van der Waals surface area contributed by atoms with Crippen molar-refractivity contribution >= 4 is 33.3 Å². The SMILES string of the molecule is COC(=O)c1ccccc1S(=O)(=O)Nc1cccc(N2CC(c3ccc(OC)c(OC4CCCC4)c3)CC2=O)c1. The molecule has 1 saturated carbocycles. The number of hydrogen-bond donors (Lipinski definition) is 1. The molecule has 1 aliphatic heterocycles. The van der Waals surface area contributed by atoms with E-state index in [9.17, 15) is 18.0 Å². The van der Waals surface area contributed by atoms with E-state index in [4.69, 9.17) is 14.2 Å². The number of sulfonamides is 1. The maximum absolute atomic E-state index is 13.2. The molecule has 40 heavy (non-hydrogen) atoms. The average Bonchev–Trinajstić information content (AvgIpc) is 3.62. The van der Waals surface area contributed by atoms with Crippen molar-refractivity contribution in [1.82, 2.24) is 0 Å². The van der Waals surface area contributed by atoms with Crippen molar-refractivity contribution in [3.05, 3.63) is 77.9 Å². The zero-order chi connectivity index (χ0) is 28.3. The van der Waals surface area contributed by atoms with Gasteiger partial charge in [-0.15, -0.1) is 0 Å². The fourth-order valence-electron chi connectivity index (χ4n) is 5.33. The van der Waals surface area contributed by atoms with Gasteiger partial charge in [0.2, 0.25) is 5.91 Å². The third-order valence-corrected chi connectivity index (χ3v) is 8.81. The first-order valence-electron chi connectivity index (χ1n) is 13.2. The van der Waals surface area contributed by atoms with Crippen molar-refractivity contribution < 1.29 is 32.2 Å². The fourth-order valence-corrected chi connectivity index (χ4v) is 6.58. The number of nitrogens with zero attached hydrogens (tertiary/aromatic N) is 1. The van der Waals surface area contributed by atoms with Gasteiger partial charge in [0, 0.05) is 24.6 Å². The van der Waals surface area contributed by atoms with Gasteiger partial charge >= 0.3 is 5.97 Å². The van der Waals surface area contributed by atoms with E-state index in [-0.39, 0.29) is 34.1 Å². The summed E-state index contributed by atoms with van der Waals surface area (Å²) >= 11 is 0. The summed E-state index contributed by atoms with van der Waals surface area (Å²) in [5, 5.41) is 0. The van der Waals surface area contributed by atoms with Crippen LogP contribution in [0.15, 0.2) is 71.6 Å². The normalized spacial score (nSPS) is 17.6. The minimum Gasteiger partial charge on any atom is -0.493 e. The Balaban J connectivity index is 1.34. The Morgan fingerprint density at radius 3 is 2.48 bits per heavy atom. The van der Waals surface area contributed by atoms with E-state index in [0.29, 0.717) is 30.2 Å². The molecule has 1 aliphatic carbocycles. The fraction of sp³-hybridized carbons (Fsp3) is 0.333. The number of benzene rings is 3. The van der Waals surface area contributed by atoms with Gasteiger partial charge in [-0.05, 0) is 73.7 Å². The van der Waals surface area contributed by atoms with E-state index in [0.717, 1.165) is 31.2 Å². The number of rotatable bonds is 9. The number of anilines is 2. The molecule has 1 amide bonds. The smallest absolute Gasteiger partial charge is 0.339 e. The van der Waals surface area contributed by atoms with Gasteiger partial charge in [0.15, 0.2) is 11.5 Å². The molecule has 3 aromatic carbocycles. The van der Waals surface area contributed by atoms with Crippen LogP contribution in [0.2, 0.25) is 0 Å². The highest BCUT2D eigenvalue weighted by molar-refractivity contribution is 7.92. The zero-order valence-electron chi connectivity index (χ0n) is 22.5. The van der Waals surface area contributed by atoms with E-state index in [2.05, 4.69) is 4.72 Å². The molecular formula is C30H32N2O7S. The standard InChI is InChI=1S/C30H32N2O7S/c1-37-26-15-14-20(16-27(26)39-24-10-3-4-11-24)21-17-29(33)32(19-21)23-9-7-8-22(18-23)31-40(35,36)28-13-6-5-12-25(28)30(34)38-2/h5-9,12-16,18,21,24,31H,3-4,10-11,17,19H2,1-2H3. The van der Waals surface area contributed by atoms with Crippen LogP contribution in [0.1, 0.15) is 53.9 Å². The number of carbonyl (C=O) groups excluding carboxylic acids is 2. The molecule has 2 aliphatic rings. The molecule has 0 spiro atoms. The Hall–Kier alpha value is -4.05. The second-order valence-electron chi connectivity index (χ2n) is 9.98. The summed E-state index contributed by atoms with van der Waals surface area (Å²) in [6, 6.07) is 18.3. The lowest BCUT2D eigenvalue weighted by Gasteiger charge is -2.20. The molecule has 2 fully saturated rings. The predicted octanol–water partition coefficient (Wildman–Crippen LogP) is 5.12.